The highest BCUT2D eigenvalue weighted by atomic mass is 16.7. The minimum atomic E-state index is -1.43. The molecule has 5 aromatic carbocycles. The molecule has 2 heterocycles. The Hall–Kier alpha value is -6.35. The number of nitrogens with zero attached hydrogens (tertiary/aromatic N) is 2. The lowest BCUT2D eigenvalue weighted by Gasteiger charge is -2.12. The van der Waals surface area contributed by atoms with Crippen LogP contribution in [0.4, 0.5) is 10.5 Å². The molecule has 0 radical (unpaired) electrons. The number of hydrogen-bond acceptors (Lipinski definition) is 5. The summed E-state index contributed by atoms with van der Waals surface area (Å²) in [4.78, 5) is 28.7. The van der Waals surface area contributed by atoms with Crippen molar-refractivity contribution < 1.29 is 24.2 Å². The molecule has 0 spiro atoms. The number of aromatic nitrogens is 3. The third-order valence-electron chi connectivity index (χ3n) is 7.97. The molecule has 0 saturated heterocycles. The smallest absolute Gasteiger partial charge is 0.493 e. The summed E-state index contributed by atoms with van der Waals surface area (Å²) in [6.45, 7) is 0.414. The van der Waals surface area contributed by atoms with Crippen LogP contribution in [0, 0.1) is 0 Å². The van der Waals surface area contributed by atoms with Gasteiger partial charge in [0.15, 0.2) is 0 Å². The quantitative estimate of drug-likeness (QED) is 0.104. The van der Waals surface area contributed by atoms with Gasteiger partial charge in [0.1, 0.15) is 5.75 Å². The molecule has 7 aromatic rings. The number of amides is 1. The highest BCUT2D eigenvalue weighted by Gasteiger charge is 2.25. The van der Waals surface area contributed by atoms with Crippen molar-refractivity contribution in [1.29, 1.82) is 0 Å². The van der Waals surface area contributed by atoms with Crippen LogP contribution in [0.5, 0.6) is 11.6 Å². The SMILES string of the molecule is O=C(O)Oc1[nH]c2c(-c3c(C(=O)Nc4ccccc4)cnn3-c3ccccc3)cccc2c1CCCOc1cccc2ccccc12. The normalized spacial score (nSPS) is 11.1. The summed E-state index contributed by atoms with van der Waals surface area (Å²) in [5.74, 6) is 0.595. The van der Waals surface area contributed by atoms with Crippen LogP contribution in [0.2, 0.25) is 0 Å². The second-order valence-corrected chi connectivity index (χ2v) is 10.9. The Bertz CT molecular complexity index is 2200. The van der Waals surface area contributed by atoms with E-state index >= 15 is 0 Å². The maximum absolute atomic E-state index is 13.7. The van der Waals surface area contributed by atoms with Crippen LogP contribution in [0.15, 0.2) is 128 Å². The summed E-state index contributed by atoms with van der Waals surface area (Å²) in [6.07, 6.45) is 1.20. The Morgan fingerprint density at radius 3 is 2.32 bits per heavy atom. The van der Waals surface area contributed by atoms with Gasteiger partial charge in [-0.15, -0.1) is 0 Å². The van der Waals surface area contributed by atoms with Gasteiger partial charge in [-0.3, -0.25) is 4.79 Å². The molecule has 0 saturated carbocycles. The van der Waals surface area contributed by atoms with Crippen LogP contribution < -0.4 is 14.8 Å². The fourth-order valence-electron chi connectivity index (χ4n) is 5.88. The Morgan fingerprint density at radius 2 is 1.51 bits per heavy atom. The lowest BCUT2D eigenvalue weighted by molar-refractivity contribution is 0.102. The maximum Gasteiger partial charge on any atom is 0.512 e. The number of anilines is 1. The molecule has 7 rings (SSSR count). The Kier molecular flexibility index (Phi) is 8.09. The van der Waals surface area contributed by atoms with E-state index in [9.17, 15) is 14.7 Å². The van der Waals surface area contributed by atoms with E-state index in [1.807, 2.05) is 121 Å². The van der Waals surface area contributed by atoms with Gasteiger partial charge in [0.2, 0.25) is 5.88 Å². The van der Waals surface area contributed by atoms with Crippen LogP contribution in [0.25, 0.3) is 38.6 Å². The molecule has 0 aliphatic rings. The fourth-order valence-corrected chi connectivity index (χ4v) is 5.88. The molecule has 2 aromatic heterocycles. The van der Waals surface area contributed by atoms with Gasteiger partial charge < -0.3 is 24.9 Å². The van der Waals surface area contributed by atoms with Crippen LogP contribution >= 0.6 is 0 Å². The van der Waals surface area contributed by atoms with Crippen LogP contribution in [-0.4, -0.2) is 38.5 Å². The summed E-state index contributed by atoms with van der Waals surface area (Å²) in [5, 5.41) is 20.1. The van der Waals surface area contributed by atoms with E-state index < -0.39 is 6.16 Å². The number of H-pyrrole nitrogens is 1. The van der Waals surface area contributed by atoms with Crippen molar-refractivity contribution in [3.63, 3.8) is 0 Å². The molecule has 0 unspecified atom stereocenters. The summed E-state index contributed by atoms with van der Waals surface area (Å²) < 4.78 is 13.1. The Morgan fingerprint density at radius 1 is 0.809 bits per heavy atom. The number of hydrogen-bond donors (Lipinski definition) is 3. The molecule has 3 N–H and O–H groups in total. The predicted molar refractivity (Wildman–Crippen MR) is 182 cm³/mol. The highest BCUT2D eigenvalue weighted by molar-refractivity contribution is 6.10. The molecular formula is C38H30N4O5. The van der Waals surface area contributed by atoms with E-state index in [1.54, 1.807) is 10.9 Å². The first kappa shape index (κ1) is 29.4. The average molecular weight is 623 g/mol. The van der Waals surface area contributed by atoms with Crippen molar-refractivity contribution in [3.8, 4) is 28.6 Å². The van der Waals surface area contributed by atoms with Gasteiger partial charge in [0.25, 0.3) is 5.91 Å². The molecule has 9 nitrogen and oxygen atoms in total. The summed E-state index contributed by atoms with van der Waals surface area (Å²) in [7, 11) is 0. The van der Waals surface area contributed by atoms with E-state index in [2.05, 4.69) is 15.4 Å². The largest absolute Gasteiger partial charge is 0.512 e. The minimum Gasteiger partial charge on any atom is -0.493 e. The van der Waals surface area contributed by atoms with Crippen molar-refractivity contribution in [2.75, 3.05) is 11.9 Å². The van der Waals surface area contributed by atoms with Crippen LogP contribution in [0.1, 0.15) is 22.3 Å². The summed E-state index contributed by atoms with van der Waals surface area (Å²) in [6, 6.07) is 38.4. The first-order valence-corrected chi connectivity index (χ1v) is 15.2. The zero-order valence-electron chi connectivity index (χ0n) is 25.2. The maximum atomic E-state index is 13.7. The molecule has 0 bridgehead atoms. The molecule has 1 amide bonds. The van der Waals surface area contributed by atoms with Crippen molar-refractivity contribution in [3.05, 3.63) is 139 Å². The topological polar surface area (TPSA) is 118 Å². The summed E-state index contributed by atoms with van der Waals surface area (Å²) >= 11 is 0. The van der Waals surface area contributed by atoms with E-state index in [0.29, 0.717) is 53.0 Å². The van der Waals surface area contributed by atoms with Gasteiger partial charge in [-0.2, -0.15) is 5.10 Å². The molecule has 232 valence electrons. The van der Waals surface area contributed by atoms with Gasteiger partial charge in [-0.25, -0.2) is 9.48 Å². The molecule has 47 heavy (non-hydrogen) atoms. The second-order valence-electron chi connectivity index (χ2n) is 10.9. The van der Waals surface area contributed by atoms with Gasteiger partial charge in [0.05, 0.1) is 35.3 Å². The number of carbonyl (C=O) groups excluding carboxylic acids is 1. The number of carboxylic acid groups (broad SMARTS) is 1. The monoisotopic (exact) mass is 622 g/mol. The van der Waals surface area contributed by atoms with Gasteiger partial charge in [-0.1, -0.05) is 91.0 Å². The molecular weight excluding hydrogens is 592 g/mol. The number of aromatic amines is 1. The van der Waals surface area contributed by atoms with Crippen LogP contribution in [-0.2, 0) is 6.42 Å². The van der Waals surface area contributed by atoms with E-state index in [0.717, 1.165) is 27.6 Å². The number of ether oxygens (including phenoxy) is 2. The third-order valence-corrected chi connectivity index (χ3v) is 7.97. The van der Waals surface area contributed by atoms with Crippen molar-refractivity contribution in [1.82, 2.24) is 14.8 Å². The average Bonchev–Trinajstić information content (AvgIpc) is 3.69. The summed E-state index contributed by atoms with van der Waals surface area (Å²) in [5.41, 5.74) is 4.30. The molecule has 0 aliphatic heterocycles. The lowest BCUT2D eigenvalue weighted by Crippen LogP contribution is -2.13. The van der Waals surface area contributed by atoms with Gasteiger partial charge in [0, 0.05) is 27.6 Å². The Balaban J connectivity index is 1.26. The van der Waals surface area contributed by atoms with Crippen molar-refractivity contribution >= 4 is 39.4 Å². The highest BCUT2D eigenvalue weighted by Crippen LogP contribution is 2.38. The first-order chi connectivity index (χ1) is 23.1. The fraction of sp³-hybridized carbons (Fsp3) is 0.0789. The van der Waals surface area contributed by atoms with Gasteiger partial charge in [-0.05, 0) is 48.6 Å². The Labute approximate surface area is 270 Å². The molecule has 0 fully saturated rings. The number of para-hydroxylation sites is 3. The number of rotatable bonds is 10. The second kappa shape index (κ2) is 12.9. The number of benzene rings is 5. The zero-order valence-corrected chi connectivity index (χ0v) is 25.2. The molecule has 0 aliphatic carbocycles. The predicted octanol–water partition coefficient (Wildman–Crippen LogP) is 8.49. The minimum absolute atomic E-state index is 0.131. The number of aryl methyl sites for hydroxylation is 1. The zero-order chi connectivity index (χ0) is 32.2. The first-order valence-electron chi connectivity index (χ1n) is 15.2. The number of nitrogens with one attached hydrogen (secondary N) is 2. The van der Waals surface area contributed by atoms with Crippen molar-refractivity contribution in [2.24, 2.45) is 0 Å². The molecule has 0 atom stereocenters. The lowest BCUT2D eigenvalue weighted by atomic mass is 10.0. The third kappa shape index (κ3) is 6.02. The van der Waals surface area contributed by atoms with Crippen molar-refractivity contribution in [2.45, 2.75) is 12.8 Å². The number of carbonyl (C=O) groups is 2. The number of fused-ring (bicyclic) bond motifs is 2. The standard InChI is InChI=1S/C38H30N4O5/c43-36(40-26-14-3-1-4-15-26)32-24-39-42(27-16-5-2-6-17-27)35(32)31-20-10-19-29-30(37(41-34(29)31)47-38(44)45)21-11-23-46-33-22-9-13-25-12-7-8-18-28(25)33/h1-10,12-20,22,24,41H,11,21,23H2,(H,40,43)(H,44,45). The van der Waals surface area contributed by atoms with E-state index in [1.165, 1.54) is 0 Å². The van der Waals surface area contributed by atoms with E-state index in [-0.39, 0.29) is 11.8 Å². The van der Waals surface area contributed by atoms with Crippen LogP contribution in [0.3, 0.4) is 0 Å². The van der Waals surface area contributed by atoms with Gasteiger partial charge >= 0.3 is 6.16 Å². The van der Waals surface area contributed by atoms with E-state index in [4.69, 9.17) is 9.47 Å². The molecule has 9 heteroatoms.